The van der Waals surface area contributed by atoms with E-state index in [0.717, 1.165) is 46.8 Å². The van der Waals surface area contributed by atoms with Crippen LogP contribution in [-0.2, 0) is 9.59 Å². The minimum Gasteiger partial charge on any atom is -0.426 e. The Balaban J connectivity index is 1.48. The van der Waals surface area contributed by atoms with E-state index in [2.05, 4.69) is 35.5 Å². The third-order valence-electron chi connectivity index (χ3n) is 6.00. The van der Waals surface area contributed by atoms with Gasteiger partial charge >= 0.3 is 11.9 Å². The van der Waals surface area contributed by atoms with Crippen LogP contribution < -0.4 is 9.47 Å². The Kier molecular flexibility index (Phi) is 14.1. The lowest BCUT2D eigenvalue weighted by Gasteiger charge is -2.03. The van der Waals surface area contributed by atoms with Gasteiger partial charge in [0.15, 0.2) is 0 Å². The first-order valence-corrected chi connectivity index (χ1v) is 15.1. The molecule has 0 N–H and O–H groups in total. The maximum atomic E-state index is 12.1. The standard InChI is InChI=1S/C34H38N2O4S/c1-3-5-7-9-11-13-15-17-31(37)39-29-23-19-27(20-24-29)33-35-36-34(41-33)28-21-25-30(26-22-28)40-32(38)18-16-14-12-10-8-6-4-2/h11-12,15-16,19-26H,3-10,17-18H2,1-2H3. The van der Waals surface area contributed by atoms with Crippen LogP contribution in [0.4, 0.5) is 0 Å². The summed E-state index contributed by atoms with van der Waals surface area (Å²) in [5.41, 5.74) is 7.84. The largest absolute Gasteiger partial charge is 0.426 e. The van der Waals surface area contributed by atoms with Crippen molar-refractivity contribution in [2.45, 2.75) is 78.1 Å². The lowest BCUT2D eigenvalue weighted by Crippen LogP contribution is -2.05. The molecule has 0 radical (unpaired) electrons. The van der Waals surface area contributed by atoms with Crippen LogP contribution in [0.25, 0.3) is 21.1 Å². The van der Waals surface area contributed by atoms with Gasteiger partial charge in [-0.05, 0) is 98.5 Å². The fourth-order valence-electron chi connectivity index (χ4n) is 3.74. The number of benzene rings is 2. The Hall–Kier alpha value is -4.02. The maximum Gasteiger partial charge on any atom is 0.315 e. The van der Waals surface area contributed by atoms with E-state index in [4.69, 9.17) is 9.47 Å². The molecule has 214 valence electrons. The zero-order valence-electron chi connectivity index (χ0n) is 23.9. The summed E-state index contributed by atoms with van der Waals surface area (Å²) >= 11 is 1.45. The average molecular weight is 571 g/mol. The lowest BCUT2D eigenvalue weighted by molar-refractivity contribution is -0.134. The molecular formula is C34H38N2O4S. The number of carbonyl (C=O) groups excluding carboxylic acids is 2. The van der Waals surface area contributed by atoms with Gasteiger partial charge in [0.2, 0.25) is 0 Å². The lowest BCUT2D eigenvalue weighted by atomic mass is 10.2. The average Bonchev–Trinajstić information content (AvgIpc) is 3.47. The quantitative estimate of drug-likeness (QED) is 0.0740. The molecular weight excluding hydrogens is 532 g/mol. The topological polar surface area (TPSA) is 78.4 Å². The van der Waals surface area contributed by atoms with Crippen LogP contribution in [0, 0.1) is 0 Å². The Morgan fingerprint density at radius 1 is 0.659 bits per heavy atom. The molecule has 1 aromatic heterocycles. The number of aromatic nitrogens is 2. The van der Waals surface area contributed by atoms with E-state index in [1.807, 2.05) is 36.4 Å². The summed E-state index contributed by atoms with van der Waals surface area (Å²) in [5, 5.41) is 10.1. The number of unbranched alkanes of at least 4 members (excludes halogenated alkanes) is 6. The van der Waals surface area contributed by atoms with Gasteiger partial charge in [0, 0.05) is 11.1 Å². The number of esters is 2. The molecule has 0 aliphatic heterocycles. The summed E-state index contributed by atoms with van der Waals surface area (Å²) in [4.78, 5) is 24.2. The van der Waals surface area contributed by atoms with Gasteiger partial charge < -0.3 is 9.47 Å². The molecule has 0 aliphatic carbocycles. The van der Waals surface area contributed by atoms with Gasteiger partial charge in [0.25, 0.3) is 0 Å². The smallest absolute Gasteiger partial charge is 0.315 e. The van der Waals surface area contributed by atoms with Crippen LogP contribution in [0.1, 0.15) is 78.1 Å². The van der Waals surface area contributed by atoms with Gasteiger partial charge in [0.1, 0.15) is 21.5 Å². The van der Waals surface area contributed by atoms with Crippen LogP contribution in [-0.4, -0.2) is 22.1 Å². The van der Waals surface area contributed by atoms with Crippen molar-refractivity contribution in [1.29, 1.82) is 0 Å². The number of carbonyl (C=O) groups is 2. The second-order valence-electron chi connectivity index (χ2n) is 9.46. The van der Waals surface area contributed by atoms with Crippen molar-refractivity contribution in [2.75, 3.05) is 0 Å². The first-order valence-electron chi connectivity index (χ1n) is 14.3. The van der Waals surface area contributed by atoms with E-state index in [1.54, 1.807) is 36.4 Å². The molecule has 6 nitrogen and oxygen atoms in total. The highest BCUT2D eigenvalue weighted by Gasteiger charge is 2.11. The van der Waals surface area contributed by atoms with Crippen LogP contribution in [0.5, 0.6) is 11.5 Å². The minimum absolute atomic E-state index is 0.178. The number of ether oxygens (including phenoxy) is 2. The van der Waals surface area contributed by atoms with Gasteiger partial charge in [-0.2, -0.15) is 0 Å². The van der Waals surface area contributed by atoms with Gasteiger partial charge in [0.05, 0.1) is 12.8 Å². The Morgan fingerprint density at radius 2 is 1.07 bits per heavy atom. The summed E-state index contributed by atoms with van der Waals surface area (Å²) < 4.78 is 10.8. The van der Waals surface area contributed by atoms with Crippen molar-refractivity contribution in [3.05, 3.63) is 84.3 Å². The van der Waals surface area contributed by atoms with E-state index < -0.39 is 0 Å². The van der Waals surface area contributed by atoms with Crippen LogP contribution >= 0.6 is 11.3 Å². The normalized spacial score (nSPS) is 10.2. The molecule has 0 spiro atoms. The van der Waals surface area contributed by atoms with Crippen molar-refractivity contribution in [3.63, 3.8) is 0 Å². The van der Waals surface area contributed by atoms with Crippen molar-refractivity contribution in [2.24, 2.45) is 0 Å². The van der Waals surface area contributed by atoms with Crippen molar-refractivity contribution >= 4 is 23.3 Å². The fourth-order valence-corrected chi connectivity index (χ4v) is 4.60. The molecule has 0 amide bonds. The molecule has 0 aliphatic rings. The SMILES string of the molecule is CCCCCC=C=CCC(=O)Oc1ccc(-c2nnc(-c3ccc(OC(=O)CC=C=CCCCCC)cc3)s2)cc1. The van der Waals surface area contributed by atoms with E-state index in [9.17, 15) is 9.59 Å². The molecule has 0 unspecified atom stereocenters. The third kappa shape index (κ3) is 11.9. The molecule has 7 heteroatoms. The second-order valence-corrected chi connectivity index (χ2v) is 10.4. The van der Waals surface area contributed by atoms with Crippen molar-refractivity contribution < 1.29 is 19.1 Å². The summed E-state index contributed by atoms with van der Waals surface area (Å²) in [6, 6.07) is 14.4. The van der Waals surface area contributed by atoms with Gasteiger partial charge in [-0.15, -0.1) is 21.7 Å². The summed E-state index contributed by atoms with van der Waals surface area (Å²) in [7, 11) is 0. The van der Waals surface area contributed by atoms with Gasteiger partial charge in [-0.25, -0.2) is 0 Å². The van der Waals surface area contributed by atoms with Crippen molar-refractivity contribution in [3.8, 4) is 32.6 Å². The van der Waals surface area contributed by atoms with Crippen LogP contribution in [0.3, 0.4) is 0 Å². The van der Waals surface area contributed by atoms with E-state index in [-0.39, 0.29) is 24.8 Å². The van der Waals surface area contributed by atoms with E-state index in [1.165, 1.54) is 37.0 Å². The molecule has 2 aromatic carbocycles. The van der Waals surface area contributed by atoms with Crippen LogP contribution in [0.2, 0.25) is 0 Å². The molecule has 0 saturated heterocycles. The molecule has 1 heterocycles. The predicted molar refractivity (Wildman–Crippen MR) is 165 cm³/mol. The Labute approximate surface area is 247 Å². The van der Waals surface area contributed by atoms with E-state index >= 15 is 0 Å². The molecule has 0 saturated carbocycles. The highest BCUT2D eigenvalue weighted by Crippen LogP contribution is 2.31. The Morgan fingerprint density at radius 3 is 1.46 bits per heavy atom. The third-order valence-corrected chi connectivity index (χ3v) is 7.03. The molecule has 0 bridgehead atoms. The summed E-state index contributed by atoms with van der Waals surface area (Å²) in [6.07, 6.45) is 16.7. The zero-order chi connectivity index (χ0) is 29.1. The predicted octanol–water partition coefficient (Wildman–Crippen LogP) is 9.05. The number of hydrogen-bond acceptors (Lipinski definition) is 7. The summed E-state index contributed by atoms with van der Waals surface area (Å²) in [5.74, 6) is 0.302. The summed E-state index contributed by atoms with van der Waals surface area (Å²) in [6.45, 7) is 4.34. The number of hydrogen-bond donors (Lipinski definition) is 0. The first-order chi connectivity index (χ1) is 20.1. The van der Waals surface area contributed by atoms with Crippen molar-refractivity contribution in [1.82, 2.24) is 10.2 Å². The molecule has 3 aromatic rings. The monoisotopic (exact) mass is 570 g/mol. The fraction of sp³-hybridized carbons (Fsp3) is 0.353. The highest BCUT2D eigenvalue weighted by molar-refractivity contribution is 7.17. The van der Waals surface area contributed by atoms with Crippen LogP contribution in [0.15, 0.2) is 84.3 Å². The first kappa shape index (κ1) is 31.5. The molecule has 3 rings (SSSR count). The molecule has 0 fully saturated rings. The molecule has 0 atom stereocenters. The number of nitrogens with zero attached hydrogens (tertiary/aromatic N) is 2. The Bertz CT molecular complexity index is 1260. The highest BCUT2D eigenvalue weighted by atomic mass is 32.1. The molecule has 41 heavy (non-hydrogen) atoms. The zero-order valence-corrected chi connectivity index (χ0v) is 24.8. The van der Waals surface area contributed by atoms with E-state index in [0.29, 0.717) is 11.5 Å². The van der Waals surface area contributed by atoms with Gasteiger partial charge in [-0.1, -0.05) is 50.9 Å². The second kappa shape index (κ2) is 18.4. The number of rotatable bonds is 16. The van der Waals surface area contributed by atoms with Gasteiger partial charge in [-0.3, -0.25) is 9.59 Å². The minimum atomic E-state index is -0.328. The maximum absolute atomic E-state index is 12.1.